The van der Waals surface area contributed by atoms with Crippen LogP contribution >= 0.6 is 0 Å². The Labute approximate surface area is 531 Å². The molecule has 4 aliphatic heterocycles. The first kappa shape index (κ1) is 61.5. The molecule has 18 nitrogen and oxygen atoms in total. The van der Waals surface area contributed by atoms with E-state index in [0.29, 0.717) is 126 Å². The van der Waals surface area contributed by atoms with Crippen molar-refractivity contribution in [2.24, 2.45) is 17.3 Å². The van der Waals surface area contributed by atoms with Crippen molar-refractivity contribution in [1.29, 1.82) is 0 Å². The highest BCUT2D eigenvalue weighted by atomic mass is 19.1. The summed E-state index contributed by atoms with van der Waals surface area (Å²) in [5.41, 5.74) is -0.430. The minimum atomic E-state index is -1.02. The zero-order valence-corrected chi connectivity index (χ0v) is 53.0. The van der Waals surface area contributed by atoms with Gasteiger partial charge in [0.25, 0.3) is 0 Å². The van der Waals surface area contributed by atoms with Crippen molar-refractivity contribution >= 4 is 61.1 Å². The van der Waals surface area contributed by atoms with Gasteiger partial charge in [0.15, 0.2) is 11.6 Å². The number of anilines is 2. The molecule has 6 aliphatic rings. The highest BCUT2D eigenvalue weighted by Gasteiger charge is 2.50. The molecule has 0 radical (unpaired) electrons. The molecule has 4 saturated heterocycles. The number of fused-ring (bicyclic) bond motifs is 7. The third kappa shape index (κ3) is 11.3. The Balaban J connectivity index is 0.670. The fraction of sp³-hybridized carbons (Fsp3) is 0.500. The van der Waals surface area contributed by atoms with E-state index in [9.17, 15) is 20.1 Å². The van der Waals surface area contributed by atoms with Gasteiger partial charge in [0, 0.05) is 87.2 Å². The van der Waals surface area contributed by atoms with Crippen LogP contribution in [0.5, 0.6) is 23.5 Å². The standard InChI is InChI=1S/C70H79F4N11O7/c1-7-46-52(71)13-11-40-27-44(86)29-48(55(40)46)59-57(73)61-50(31-75-59)63(83-22-9-17-68(3,89)35-83)79-66(78-61)91-38-70-18-10-23-85(70)43(15-19-70)16-24-82(6)67(88)92-54-26-39-25-42(54)34-84(33-39)64-51-32-76-60(49-30-45(87)28-41-12-14-53(72)47(8-2)56(41)49)58(74)62(51)77-65(80-64)90-37-69(20-21-69)36-81(4)5/h11-14,27-32,39,42-43,54,86-87,89H,7-10,15-26,33-38H2,1-6H3/t39-,42-,43-,54-,68-,70-/m1/s1. The number of hydrogen-bond acceptors (Lipinski definition) is 17. The van der Waals surface area contributed by atoms with Crippen LogP contribution in [0.25, 0.3) is 65.9 Å². The average molecular weight is 1260 g/mol. The molecule has 0 unspecified atom stereocenters. The van der Waals surface area contributed by atoms with E-state index in [1.165, 1.54) is 42.6 Å². The van der Waals surface area contributed by atoms with Gasteiger partial charge in [-0.2, -0.15) is 19.9 Å². The fourth-order valence-corrected chi connectivity index (χ4v) is 16.2. The number of carbonyl (C=O) groups is 1. The lowest BCUT2D eigenvalue weighted by Crippen LogP contribution is -2.47. The van der Waals surface area contributed by atoms with E-state index >= 15 is 17.6 Å². The maximum absolute atomic E-state index is 17.5. The van der Waals surface area contributed by atoms with Crippen molar-refractivity contribution in [2.45, 2.75) is 128 Å². The van der Waals surface area contributed by atoms with Gasteiger partial charge >= 0.3 is 18.1 Å². The smallest absolute Gasteiger partial charge is 0.409 e. The number of β-amino-alcohol motifs (C(OH)–C–C–N with tert-alkyl or cyclic N) is 1. The third-order valence-corrected chi connectivity index (χ3v) is 20.7. The van der Waals surface area contributed by atoms with Crippen molar-refractivity contribution in [1.82, 2.24) is 44.6 Å². The van der Waals surface area contributed by atoms with E-state index in [1.54, 1.807) is 37.2 Å². The fourth-order valence-electron chi connectivity index (χ4n) is 16.2. The van der Waals surface area contributed by atoms with E-state index in [0.717, 1.165) is 58.0 Å². The first-order valence-corrected chi connectivity index (χ1v) is 32.6. The quantitative estimate of drug-likeness (QED) is 0.0685. The first-order chi connectivity index (χ1) is 44.2. The zero-order valence-electron chi connectivity index (χ0n) is 53.0. The normalized spacial score (nSPS) is 23.6. The lowest BCUT2D eigenvalue weighted by Gasteiger charge is -2.38. The SMILES string of the molecule is CCc1c(F)ccc2cc(O)cc(-c3ncc4c(N5C[C@@H]6C[C@H](C5)[C@H](OC(=O)N(C)CC[C@H]5CC[C@@]7(COc8nc(N9CCC[C@@](C)(O)C9)c9cnc(-c%10cc(O)cc%11ccc(F)c(CC)c%10%11)c(F)c9n8)CCCN57)C6)nc(OCC5(CN(C)C)CC5)nc4c3F)c12. The van der Waals surface area contributed by atoms with Gasteiger partial charge in [0.05, 0.1) is 28.5 Å². The van der Waals surface area contributed by atoms with Gasteiger partial charge < -0.3 is 49.1 Å². The molecule has 3 N–H and O–H groups in total. The first-order valence-electron chi connectivity index (χ1n) is 32.6. The molecule has 4 aromatic carbocycles. The lowest BCUT2D eigenvalue weighted by molar-refractivity contribution is 0.0446. The maximum Gasteiger partial charge on any atom is 0.409 e. The van der Waals surface area contributed by atoms with Crippen LogP contribution in [0.4, 0.5) is 34.0 Å². The van der Waals surface area contributed by atoms with E-state index in [-0.39, 0.29) is 105 Å². The molecule has 0 spiro atoms. The number of pyridine rings is 2. The van der Waals surface area contributed by atoms with E-state index < -0.39 is 35.0 Å². The largest absolute Gasteiger partial charge is 0.508 e. The number of nitrogens with zero attached hydrogens (tertiary/aromatic N) is 11. The molecule has 22 heteroatoms. The minimum Gasteiger partial charge on any atom is -0.508 e. The molecular weight excluding hydrogens is 1180 g/mol. The van der Waals surface area contributed by atoms with Gasteiger partial charge in [-0.05, 0) is 186 Å². The number of carbonyl (C=O) groups excluding carboxylic acids is 1. The second-order valence-corrected chi connectivity index (χ2v) is 27.7. The van der Waals surface area contributed by atoms with Crippen molar-refractivity contribution in [3.05, 3.63) is 95.3 Å². The van der Waals surface area contributed by atoms with Crippen LogP contribution in [0.15, 0.2) is 60.9 Å². The number of ether oxygens (including phenoxy) is 3. The van der Waals surface area contributed by atoms with E-state index in [2.05, 4.69) is 24.7 Å². The molecule has 2 saturated carbocycles. The summed E-state index contributed by atoms with van der Waals surface area (Å²) in [4.78, 5) is 53.1. The van der Waals surface area contributed by atoms with E-state index in [1.807, 2.05) is 32.8 Å². The molecule has 4 aromatic heterocycles. The molecule has 8 heterocycles. The zero-order chi connectivity index (χ0) is 64.1. The number of aromatic nitrogens is 6. The summed E-state index contributed by atoms with van der Waals surface area (Å²) in [6.07, 6.45) is 11.9. The average Bonchev–Trinajstić information content (AvgIpc) is 1.03. The number of phenols is 2. The van der Waals surface area contributed by atoms with Crippen LogP contribution in [-0.4, -0.2) is 169 Å². The summed E-state index contributed by atoms with van der Waals surface area (Å²) < 4.78 is 85.0. The number of aromatic hydroxyl groups is 2. The lowest BCUT2D eigenvalue weighted by atomic mass is 9.94. The number of aliphatic hydroxyl groups is 1. The minimum absolute atomic E-state index is 0.00363. The Bertz CT molecular complexity index is 4230. The summed E-state index contributed by atoms with van der Waals surface area (Å²) >= 11 is 0. The van der Waals surface area contributed by atoms with Gasteiger partial charge in [-0.25, -0.2) is 22.4 Å². The number of phenolic OH excluding ortho intramolecular Hbond substituents is 2. The van der Waals surface area contributed by atoms with Crippen LogP contribution in [0.3, 0.4) is 0 Å². The summed E-state index contributed by atoms with van der Waals surface area (Å²) in [6, 6.07) is 11.9. The second-order valence-electron chi connectivity index (χ2n) is 27.7. The summed E-state index contributed by atoms with van der Waals surface area (Å²) in [5.74, 6) is -1.66. The monoisotopic (exact) mass is 1260 g/mol. The molecule has 14 rings (SSSR count). The number of amides is 1. The van der Waals surface area contributed by atoms with Crippen molar-refractivity contribution < 1.29 is 51.9 Å². The topological polar surface area (TPSA) is 199 Å². The van der Waals surface area contributed by atoms with Gasteiger partial charge in [0.2, 0.25) is 0 Å². The van der Waals surface area contributed by atoms with Gasteiger partial charge in [0.1, 0.15) is 69.9 Å². The Kier molecular flexibility index (Phi) is 16.0. The van der Waals surface area contributed by atoms with Crippen molar-refractivity contribution in [3.8, 4) is 46.0 Å². The summed E-state index contributed by atoms with van der Waals surface area (Å²) in [5, 5.41) is 35.7. The number of aryl methyl sites for hydroxylation is 2. The molecule has 6 fully saturated rings. The molecular formula is C70H79F4N11O7. The highest BCUT2D eigenvalue weighted by Crippen LogP contribution is 2.49. The van der Waals surface area contributed by atoms with Crippen LogP contribution in [0.1, 0.15) is 103 Å². The number of rotatable bonds is 18. The second kappa shape index (κ2) is 23.9. The van der Waals surface area contributed by atoms with Crippen LogP contribution < -0.4 is 19.3 Å². The van der Waals surface area contributed by atoms with Crippen molar-refractivity contribution in [2.75, 3.05) is 90.0 Å². The van der Waals surface area contributed by atoms with Crippen LogP contribution in [0.2, 0.25) is 0 Å². The molecule has 2 bridgehead atoms. The third-order valence-electron chi connectivity index (χ3n) is 20.7. The van der Waals surface area contributed by atoms with Gasteiger partial charge in [-0.1, -0.05) is 26.0 Å². The van der Waals surface area contributed by atoms with Crippen molar-refractivity contribution in [3.63, 3.8) is 0 Å². The Morgan fingerprint density at radius 3 is 1.87 bits per heavy atom. The molecule has 484 valence electrons. The summed E-state index contributed by atoms with van der Waals surface area (Å²) in [7, 11) is 5.83. The predicted octanol–water partition coefficient (Wildman–Crippen LogP) is 11.9. The van der Waals surface area contributed by atoms with Gasteiger partial charge in [-0.3, -0.25) is 14.9 Å². The Morgan fingerprint density at radius 2 is 1.29 bits per heavy atom. The van der Waals surface area contributed by atoms with E-state index in [4.69, 9.17) is 34.1 Å². The van der Waals surface area contributed by atoms with Gasteiger partial charge in [-0.15, -0.1) is 0 Å². The highest BCUT2D eigenvalue weighted by molar-refractivity contribution is 6.03. The number of benzene rings is 4. The number of piperidine rings is 2. The summed E-state index contributed by atoms with van der Waals surface area (Å²) in [6.45, 7) is 9.97. The van der Waals surface area contributed by atoms with Crippen LogP contribution in [-0.2, 0) is 17.6 Å². The molecule has 8 aromatic rings. The maximum atomic E-state index is 17.5. The number of halogens is 4. The van der Waals surface area contributed by atoms with Crippen LogP contribution in [0, 0.1) is 40.5 Å². The molecule has 92 heavy (non-hydrogen) atoms. The Morgan fingerprint density at radius 1 is 0.707 bits per heavy atom. The molecule has 2 aliphatic carbocycles. The molecule has 6 atom stereocenters. The number of hydrogen-bond donors (Lipinski definition) is 3. The Hall–Kier alpha value is -7.95. The predicted molar refractivity (Wildman–Crippen MR) is 343 cm³/mol. The molecule has 1 amide bonds.